The van der Waals surface area contributed by atoms with Crippen LogP contribution >= 0.6 is 11.6 Å². The van der Waals surface area contributed by atoms with Crippen molar-refractivity contribution in [2.45, 2.75) is 13.5 Å². The number of rotatable bonds is 7. The van der Waals surface area contributed by atoms with Gasteiger partial charge in [-0.25, -0.2) is 0 Å². The lowest BCUT2D eigenvalue weighted by atomic mass is 10.2. The van der Waals surface area contributed by atoms with Crippen molar-refractivity contribution in [2.75, 3.05) is 13.1 Å². The van der Waals surface area contributed by atoms with Crippen molar-refractivity contribution in [2.24, 2.45) is 0 Å². The van der Waals surface area contributed by atoms with Crippen LogP contribution in [-0.2, 0) is 11.4 Å². The number of carbonyl (C=O) groups excluding carboxylic acids is 2. The smallest absolute Gasteiger partial charge is 0.255 e. The molecule has 0 aromatic heterocycles. The van der Waals surface area contributed by atoms with Crippen molar-refractivity contribution in [1.82, 2.24) is 10.6 Å². The molecule has 0 saturated heterocycles. The number of ether oxygens (including phenoxy) is 1. The molecule has 0 fully saturated rings. The van der Waals surface area contributed by atoms with E-state index in [0.717, 1.165) is 5.56 Å². The molecule has 0 aliphatic rings. The molecule has 24 heavy (non-hydrogen) atoms. The van der Waals surface area contributed by atoms with E-state index in [0.29, 0.717) is 29.5 Å². The Labute approximate surface area is 146 Å². The summed E-state index contributed by atoms with van der Waals surface area (Å²) >= 11 is 5.85. The fourth-order valence-corrected chi connectivity index (χ4v) is 2.16. The second kappa shape index (κ2) is 8.93. The van der Waals surface area contributed by atoms with E-state index < -0.39 is 0 Å². The van der Waals surface area contributed by atoms with Gasteiger partial charge in [-0.05, 0) is 36.8 Å². The second-order valence-electron chi connectivity index (χ2n) is 5.05. The molecule has 126 valence electrons. The number of amides is 2. The summed E-state index contributed by atoms with van der Waals surface area (Å²) in [5, 5.41) is 5.86. The van der Waals surface area contributed by atoms with Crippen LogP contribution in [0.1, 0.15) is 22.8 Å². The summed E-state index contributed by atoms with van der Waals surface area (Å²) in [5.74, 6) is -0.126. The number of hydrogen-bond donors (Lipinski definition) is 2. The van der Waals surface area contributed by atoms with Gasteiger partial charge in [-0.15, -0.1) is 0 Å². The Morgan fingerprint density at radius 2 is 1.75 bits per heavy atom. The Morgan fingerprint density at radius 3 is 2.46 bits per heavy atom. The maximum Gasteiger partial charge on any atom is 0.255 e. The van der Waals surface area contributed by atoms with Gasteiger partial charge in [0.2, 0.25) is 5.91 Å². The summed E-state index contributed by atoms with van der Waals surface area (Å²) in [6.45, 7) is 2.59. The fraction of sp³-hybridized carbons (Fsp3) is 0.222. The van der Waals surface area contributed by atoms with Crippen LogP contribution in [0.3, 0.4) is 0 Å². The van der Waals surface area contributed by atoms with Gasteiger partial charge in [-0.2, -0.15) is 0 Å². The summed E-state index contributed by atoms with van der Waals surface area (Å²) in [5.41, 5.74) is 1.33. The van der Waals surface area contributed by atoms with E-state index in [4.69, 9.17) is 16.3 Å². The van der Waals surface area contributed by atoms with E-state index in [1.54, 1.807) is 36.4 Å². The quantitative estimate of drug-likeness (QED) is 0.810. The molecule has 5 nitrogen and oxygen atoms in total. The highest BCUT2D eigenvalue weighted by atomic mass is 35.5. The highest BCUT2D eigenvalue weighted by Gasteiger charge is 2.13. The maximum absolute atomic E-state index is 12.2. The first-order valence-corrected chi connectivity index (χ1v) is 7.99. The summed E-state index contributed by atoms with van der Waals surface area (Å²) in [6, 6.07) is 14.2. The van der Waals surface area contributed by atoms with Gasteiger partial charge in [-0.3, -0.25) is 9.59 Å². The molecule has 2 rings (SSSR count). The lowest BCUT2D eigenvalue weighted by Gasteiger charge is -2.12. The van der Waals surface area contributed by atoms with Crippen molar-refractivity contribution >= 4 is 23.4 Å². The normalized spacial score (nSPS) is 10.1. The summed E-state index contributed by atoms with van der Waals surface area (Å²) < 4.78 is 5.73. The molecule has 2 aromatic carbocycles. The molecule has 0 spiro atoms. The van der Waals surface area contributed by atoms with Crippen LogP contribution in [0, 0.1) is 0 Å². The molecule has 0 atom stereocenters. The summed E-state index contributed by atoms with van der Waals surface area (Å²) in [7, 11) is 0. The number of nitrogens with one attached hydrogen (secondary N) is 2. The van der Waals surface area contributed by atoms with Crippen LogP contribution in [-0.4, -0.2) is 24.9 Å². The average molecular weight is 347 g/mol. The fourth-order valence-electron chi connectivity index (χ4n) is 2.04. The first-order chi connectivity index (χ1) is 11.6. The molecule has 0 saturated carbocycles. The first-order valence-electron chi connectivity index (χ1n) is 7.61. The second-order valence-corrected chi connectivity index (χ2v) is 5.48. The zero-order valence-electron chi connectivity index (χ0n) is 13.3. The van der Waals surface area contributed by atoms with Crippen LogP contribution in [0.25, 0.3) is 0 Å². The number of benzene rings is 2. The SMILES string of the molecule is CCNC(=O)CNC(=O)c1ccccc1OCc1ccc(Cl)cc1. The third-order valence-electron chi connectivity index (χ3n) is 3.22. The van der Waals surface area contributed by atoms with Gasteiger partial charge in [0.1, 0.15) is 12.4 Å². The van der Waals surface area contributed by atoms with E-state index >= 15 is 0 Å². The number of carbonyl (C=O) groups is 2. The van der Waals surface area contributed by atoms with Gasteiger partial charge in [0.15, 0.2) is 0 Å². The standard InChI is InChI=1S/C18H19ClN2O3/c1-2-20-17(22)11-21-18(23)15-5-3-4-6-16(15)24-12-13-7-9-14(19)10-8-13/h3-10H,2,11-12H2,1H3,(H,20,22)(H,21,23). The van der Waals surface area contributed by atoms with Gasteiger partial charge in [0.05, 0.1) is 12.1 Å². The molecule has 6 heteroatoms. The van der Waals surface area contributed by atoms with Crippen molar-refractivity contribution in [3.05, 3.63) is 64.7 Å². The van der Waals surface area contributed by atoms with E-state index in [1.807, 2.05) is 19.1 Å². The Balaban J connectivity index is 1.99. The predicted molar refractivity (Wildman–Crippen MR) is 93.2 cm³/mol. The van der Waals surface area contributed by atoms with Crippen LogP contribution < -0.4 is 15.4 Å². The average Bonchev–Trinajstić information content (AvgIpc) is 2.60. The van der Waals surface area contributed by atoms with Crippen molar-refractivity contribution in [3.63, 3.8) is 0 Å². The highest BCUT2D eigenvalue weighted by molar-refractivity contribution is 6.30. The lowest BCUT2D eigenvalue weighted by Crippen LogP contribution is -2.36. The molecule has 0 heterocycles. The van der Waals surface area contributed by atoms with Gasteiger partial charge < -0.3 is 15.4 Å². The van der Waals surface area contributed by atoms with Crippen LogP contribution in [0.4, 0.5) is 0 Å². The van der Waals surface area contributed by atoms with Crippen molar-refractivity contribution in [1.29, 1.82) is 0 Å². The molecule has 0 radical (unpaired) electrons. The lowest BCUT2D eigenvalue weighted by molar-refractivity contribution is -0.120. The summed E-state index contributed by atoms with van der Waals surface area (Å²) in [6.07, 6.45) is 0. The Hall–Kier alpha value is -2.53. The third-order valence-corrected chi connectivity index (χ3v) is 3.47. The third kappa shape index (κ3) is 5.28. The van der Waals surface area contributed by atoms with Crippen LogP contribution in [0.5, 0.6) is 5.75 Å². The Kier molecular flexibility index (Phi) is 6.63. The zero-order chi connectivity index (χ0) is 17.4. The minimum atomic E-state index is -0.354. The predicted octanol–water partition coefficient (Wildman–Crippen LogP) is 2.78. The molecule has 0 aliphatic heterocycles. The van der Waals surface area contributed by atoms with Gasteiger partial charge in [0, 0.05) is 11.6 Å². The molecule has 0 unspecified atom stereocenters. The van der Waals surface area contributed by atoms with Gasteiger partial charge in [0.25, 0.3) is 5.91 Å². The van der Waals surface area contributed by atoms with E-state index in [1.165, 1.54) is 0 Å². The van der Waals surface area contributed by atoms with E-state index in [9.17, 15) is 9.59 Å². The molecular formula is C18H19ClN2O3. The number of para-hydroxylation sites is 1. The van der Waals surface area contributed by atoms with Gasteiger partial charge in [-0.1, -0.05) is 35.9 Å². The highest BCUT2D eigenvalue weighted by Crippen LogP contribution is 2.20. The monoisotopic (exact) mass is 346 g/mol. The number of likely N-dealkylation sites (N-methyl/N-ethyl adjacent to an activating group) is 1. The Morgan fingerprint density at radius 1 is 1.04 bits per heavy atom. The van der Waals surface area contributed by atoms with Crippen molar-refractivity contribution < 1.29 is 14.3 Å². The maximum atomic E-state index is 12.2. The van der Waals surface area contributed by atoms with Crippen LogP contribution in [0.2, 0.25) is 5.02 Å². The summed E-state index contributed by atoms with van der Waals surface area (Å²) in [4.78, 5) is 23.7. The topological polar surface area (TPSA) is 67.4 Å². The van der Waals surface area contributed by atoms with E-state index in [-0.39, 0.29) is 18.4 Å². The number of hydrogen-bond acceptors (Lipinski definition) is 3. The van der Waals surface area contributed by atoms with E-state index in [2.05, 4.69) is 10.6 Å². The molecule has 0 bridgehead atoms. The minimum Gasteiger partial charge on any atom is -0.488 e. The Bertz CT molecular complexity index is 702. The molecule has 2 aromatic rings. The van der Waals surface area contributed by atoms with Gasteiger partial charge >= 0.3 is 0 Å². The van der Waals surface area contributed by atoms with Crippen molar-refractivity contribution in [3.8, 4) is 5.75 Å². The molecule has 0 aliphatic carbocycles. The molecule has 2 amide bonds. The number of halogens is 1. The first kappa shape index (κ1) is 17.8. The minimum absolute atomic E-state index is 0.0712. The van der Waals surface area contributed by atoms with Crippen LogP contribution in [0.15, 0.2) is 48.5 Å². The largest absolute Gasteiger partial charge is 0.488 e. The molecule has 2 N–H and O–H groups in total. The zero-order valence-corrected chi connectivity index (χ0v) is 14.1. The molecular weight excluding hydrogens is 328 g/mol.